The summed E-state index contributed by atoms with van der Waals surface area (Å²) in [4.78, 5) is 2.75. The first-order valence-corrected chi connectivity index (χ1v) is 7.41. The molecule has 3 heteroatoms. The SMILES string of the molecule is Cc1cc(C(C)NCc2cccc(CO)c2)c(C)s1. The summed E-state index contributed by atoms with van der Waals surface area (Å²) in [5.41, 5.74) is 3.57. The maximum atomic E-state index is 9.14. The maximum Gasteiger partial charge on any atom is 0.0681 e. The van der Waals surface area contributed by atoms with E-state index in [9.17, 15) is 0 Å². The molecular formula is C16H21NOS. The van der Waals surface area contributed by atoms with Gasteiger partial charge in [0.1, 0.15) is 0 Å². The van der Waals surface area contributed by atoms with Crippen LogP contribution in [0, 0.1) is 13.8 Å². The molecule has 1 unspecified atom stereocenters. The number of hydrogen-bond acceptors (Lipinski definition) is 3. The van der Waals surface area contributed by atoms with Gasteiger partial charge in [-0.1, -0.05) is 24.3 Å². The van der Waals surface area contributed by atoms with Crippen LogP contribution in [0.5, 0.6) is 0 Å². The van der Waals surface area contributed by atoms with Gasteiger partial charge >= 0.3 is 0 Å². The smallest absolute Gasteiger partial charge is 0.0681 e. The largest absolute Gasteiger partial charge is 0.392 e. The Balaban J connectivity index is 2.00. The molecule has 2 rings (SSSR count). The minimum Gasteiger partial charge on any atom is -0.392 e. The van der Waals surface area contributed by atoms with Gasteiger partial charge in [0, 0.05) is 22.3 Å². The molecule has 1 aromatic heterocycles. The molecule has 102 valence electrons. The monoisotopic (exact) mass is 275 g/mol. The third-order valence-electron chi connectivity index (χ3n) is 3.33. The molecule has 0 fully saturated rings. The van der Waals surface area contributed by atoms with Crippen LogP contribution in [0.15, 0.2) is 30.3 Å². The minimum atomic E-state index is 0.103. The lowest BCUT2D eigenvalue weighted by Gasteiger charge is -2.14. The van der Waals surface area contributed by atoms with Gasteiger partial charge in [-0.25, -0.2) is 0 Å². The number of rotatable bonds is 5. The molecule has 0 spiro atoms. The zero-order valence-corrected chi connectivity index (χ0v) is 12.6. The highest BCUT2D eigenvalue weighted by atomic mass is 32.1. The van der Waals surface area contributed by atoms with Crippen LogP contribution in [0.2, 0.25) is 0 Å². The highest BCUT2D eigenvalue weighted by Crippen LogP contribution is 2.26. The summed E-state index contributed by atoms with van der Waals surface area (Å²) >= 11 is 1.85. The van der Waals surface area contributed by atoms with E-state index in [0.29, 0.717) is 6.04 Å². The lowest BCUT2D eigenvalue weighted by molar-refractivity contribution is 0.281. The molecule has 2 N–H and O–H groups in total. The van der Waals surface area contributed by atoms with E-state index in [1.165, 1.54) is 20.9 Å². The first-order chi connectivity index (χ1) is 9.10. The minimum absolute atomic E-state index is 0.103. The molecule has 0 aliphatic carbocycles. The second-order valence-corrected chi connectivity index (χ2v) is 6.41. The first kappa shape index (κ1) is 14.3. The summed E-state index contributed by atoms with van der Waals surface area (Å²) in [5.74, 6) is 0. The van der Waals surface area contributed by atoms with E-state index >= 15 is 0 Å². The van der Waals surface area contributed by atoms with Crippen molar-refractivity contribution in [2.75, 3.05) is 0 Å². The number of nitrogens with one attached hydrogen (secondary N) is 1. The number of benzene rings is 1. The van der Waals surface area contributed by atoms with Crippen LogP contribution in [0.3, 0.4) is 0 Å². The fraction of sp³-hybridized carbons (Fsp3) is 0.375. The Morgan fingerprint density at radius 2 is 1.95 bits per heavy atom. The average Bonchev–Trinajstić information content (AvgIpc) is 2.75. The lowest BCUT2D eigenvalue weighted by Crippen LogP contribution is -2.18. The molecule has 0 aliphatic rings. The van der Waals surface area contributed by atoms with Gasteiger partial charge in [-0.3, -0.25) is 0 Å². The third kappa shape index (κ3) is 3.66. The van der Waals surface area contributed by atoms with Gasteiger partial charge in [-0.15, -0.1) is 11.3 Å². The molecule has 1 atom stereocenters. The van der Waals surface area contributed by atoms with Crippen LogP contribution in [0.25, 0.3) is 0 Å². The van der Waals surface area contributed by atoms with Gasteiger partial charge in [-0.2, -0.15) is 0 Å². The van der Waals surface area contributed by atoms with Crippen LogP contribution in [0.1, 0.15) is 39.4 Å². The number of thiophene rings is 1. The zero-order chi connectivity index (χ0) is 13.8. The normalized spacial score (nSPS) is 12.6. The number of aliphatic hydroxyl groups excluding tert-OH is 1. The summed E-state index contributed by atoms with van der Waals surface area (Å²) in [7, 11) is 0. The fourth-order valence-corrected chi connectivity index (χ4v) is 3.32. The molecule has 0 aliphatic heterocycles. The molecule has 0 saturated heterocycles. The van der Waals surface area contributed by atoms with Crippen molar-refractivity contribution in [3.8, 4) is 0 Å². The number of aryl methyl sites for hydroxylation is 2. The third-order valence-corrected chi connectivity index (χ3v) is 4.31. The van der Waals surface area contributed by atoms with Crippen molar-refractivity contribution in [1.29, 1.82) is 0 Å². The van der Waals surface area contributed by atoms with Crippen molar-refractivity contribution in [2.45, 2.75) is 40.0 Å². The van der Waals surface area contributed by atoms with E-state index in [4.69, 9.17) is 5.11 Å². The van der Waals surface area contributed by atoms with Gasteiger partial charge < -0.3 is 10.4 Å². The topological polar surface area (TPSA) is 32.3 Å². The van der Waals surface area contributed by atoms with Gasteiger partial charge in [0.2, 0.25) is 0 Å². The van der Waals surface area contributed by atoms with E-state index in [2.05, 4.69) is 38.2 Å². The van der Waals surface area contributed by atoms with E-state index in [0.717, 1.165) is 12.1 Å². The van der Waals surface area contributed by atoms with Crippen molar-refractivity contribution < 1.29 is 5.11 Å². The van der Waals surface area contributed by atoms with Crippen molar-refractivity contribution in [3.05, 3.63) is 56.8 Å². The summed E-state index contributed by atoms with van der Waals surface area (Å²) in [6, 6.07) is 10.7. The molecule has 1 aromatic carbocycles. The van der Waals surface area contributed by atoms with Crippen LogP contribution in [0.4, 0.5) is 0 Å². The van der Waals surface area contributed by atoms with E-state index in [-0.39, 0.29) is 6.61 Å². The van der Waals surface area contributed by atoms with Crippen LogP contribution in [-0.2, 0) is 13.2 Å². The van der Waals surface area contributed by atoms with Crippen molar-refractivity contribution in [2.24, 2.45) is 0 Å². The fourth-order valence-electron chi connectivity index (χ4n) is 2.30. The highest BCUT2D eigenvalue weighted by molar-refractivity contribution is 7.12. The summed E-state index contributed by atoms with van der Waals surface area (Å²) in [6.07, 6.45) is 0. The first-order valence-electron chi connectivity index (χ1n) is 6.59. The van der Waals surface area contributed by atoms with Gasteiger partial charge in [0.05, 0.1) is 6.61 Å². The van der Waals surface area contributed by atoms with Crippen molar-refractivity contribution in [3.63, 3.8) is 0 Å². The number of aliphatic hydroxyl groups is 1. The van der Waals surface area contributed by atoms with E-state index in [1.54, 1.807) is 0 Å². The lowest BCUT2D eigenvalue weighted by atomic mass is 10.1. The Hall–Kier alpha value is -1.16. The predicted molar refractivity (Wildman–Crippen MR) is 81.4 cm³/mol. The van der Waals surface area contributed by atoms with Crippen LogP contribution in [-0.4, -0.2) is 5.11 Å². The molecule has 0 radical (unpaired) electrons. The zero-order valence-electron chi connectivity index (χ0n) is 11.7. The second-order valence-electron chi connectivity index (χ2n) is 4.95. The molecule has 2 nitrogen and oxygen atoms in total. The van der Waals surface area contributed by atoms with Gasteiger partial charge in [0.25, 0.3) is 0 Å². The molecule has 0 bridgehead atoms. The predicted octanol–water partition coefficient (Wildman–Crippen LogP) is 3.71. The Bertz CT molecular complexity index is 547. The molecule has 2 aromatic rings. The summed E-state index contributed by atoms with van der Waals surface area (Å²) in [6.45, 7) is 7.45. The summed E-state index contributed by atoms with van der Waals surface area (Å²) < 4.78 is 0. The maximum absolute atomic E-state index is 9.14. The second kappa shape index (κ2) is 6.33. The van der Waals surface area contributed by atoms with E-state index in [1.807, 2.05) is 29.5 Å². The molecule has 1 heterocycles. The van der Waals surface area contributed by atoms with Gasteiger partial charge in [-0.05, 0) is 43.5 Å². The molecule has 0 saturated carbocycles. The van der Waals surface area contributed by atoms with Crippen molar-refractivity contribution >= 4 is 11.3 Å². The van der Waals surface area contributed by atoms with Crippen molar-refractivity contribution in [1.82, 2.24) is 5.32 Å². The molecule has 19 heavy (non-hydrogen) atoms. The Morgan fingerprint density at radius 1 is 1.21 bits per heavy atom. The Labute approximate surface area is 119 Å². The van der Waals surface area contributed by atoms with Crippen LogP contribution < -0.4 is 5.32 Å². The standard InChI is InChI=1S/C16H21NOS/c1-11-7-16(13(3)19-11)12(2)17-9-14-5-4-6-15(8-14)10-18/h4-8,12,17-18H,9-10H2,1-3H3. The molecule has 0 amide bonds. The highest BCUT2D eigenvalue weighted by Gasteiger charge is 2.10. The van der Waals surface area contributed by atoms with E-state index < -0.39 is 0 Å². The quantitative estimate of drug-likeness (QED) is 0.872. The number of hydrogen-bond donors (Lipinski definition) is 2. The van der Waals surface area contributed by atoms with Crippen LogP contribution >= 0.6 is 11.3 Å². The average molecular weight is 275 g/mol. The van der Waals surface area contributed by atoms with Gasteiger partial charge in [0.15, 0.2) is 0 Å². The Kier molecular flexibility index (Phi) is 4.75. The molecular weight excluding hydrogens is 254 g/mol. The summed E-state index contributed by atoms with van der Waals surface area (Å²) in [5, 5.41) is 12.7. The Morgan fingerprint density at radius 3 is 2.58 bits per heavy atom.